The first-order valence-corrected chi connectivity index (χ1v) is 11.7. The van der Waals surface area contributed by atoms with Gasteiger partial charge >= 0.3 is 0 Å². The van der Waals surface area contributed by atoms with Gasteiger partial charge in [0.15, 0.2) is 0 Å². The summed E-state index contributed by atoms with van der Waals surface area (Å²) in [7, 11) is 0. The molecule has 9 nitrogen and oxygen atoms in total. The zero-order valence-corrected chi connectivity index (χ0v) is 18.9. The Morgan fingerprint density at radius 2 is 2.09 bits per heavy atom. The first kappa shape index (κ1) is 22.2. The molecule has 32 heavy (non-hydrogen) atoms. The Kier molecular flexibility index (Phi) is 6.72. The molecule has 0 aromatic carbocycles. The van der Waals surface area contributed by atoms with E-state index in [0.29, 0.717) is 56.0 Å². The SMILES string of the molecule is CCCC(=O)N1CCc2c(nc([C@@H]3CCCCN3C(=O)C[C@H](C)n3cccn3)[nH]c2=O)C1. The van der Waals surface area contributed by atoms with Gasteiger partial charge in [0.05, 0.1) is 24.3 Å². The maximum absolute atomic E-state index is 13.2. The van der Waals surface area contributed by atoms with Crippen molar-refractivity contribution in [1.29, 1.82) is 0 Å². The molecular formula is C23H32N6O3. The number of likely N-dealkylation sites (tertiary alicyclic amines) is 1. The predicted octanol–water partition coefficient (Wildman–Crippen LogP) is 2.36. The molecule has 2 aromatic heterocycles. The number of nitrogens with zero attached hydrogens (tertiary/aromatic N) is 5. The van der Waals surface area contributed by atoms with Crippen LogP contribution in [0.1, 0.15) is 81.5 Å². The molecule has 4 heterocycles. The van der Waals surface area contributed by atoms with Gasteiger partial charge < -0.3 is 14.8 Å². The Balaban J connectivity index is 1.55. The molecule has 2 aromatic rings. The lowest BCUT2D eigenvalue weighted by Crippen LogP contribution is -2.42. The molecular weight excluding hydrogens is 408 g/mol. The number of hydrogen-bond donors (Lipinski definition) is 1. The Hall–Kier alpha value is -2.97. The number of nitrogens with one attached hydrogen (secondary N) is 1. The van der Waals surface area contributed by atoms with Crippen molar-refractivity contribution in [3.8, 4) is 0 Å². The third-order valence-electron chi connectivity index (χ3n) is 6.49. The number of hydrogen-bond acceptors (Lipinski definition) is 5. The minimum atomic E-state index is -0.249. The highest BCUT2D eigenvalue weighted by Gasteiger charge is 2.32. The summed E-state index contributed by atoms with van der Waals surface area (Å²) in [5.74, 6) is 0.681. The molecule has 1 N–H and O–H groups in total. The number of amides is 2. The molecule has 1 fully saturated rings. The molecule has 0 bridgehead atoms. The normalized spacial score (nSPS) is 19.5. The third-order valence-corrected chi connectivity index (χ3v) is 6.49. The van der Waals surface area contributed by atoms with Gasteiger partial charge in [0, 0.05) is 43.9 Å². The van der Waals surface area contributed by atoms with Crippen LogP contribution in [0.4, 0.5) is 0 Å². The summed E-state index contributed by atoms with van der Waals surface area (Å²) < 4.78 is 1.79. The summed E-state index contributed by atoms with van der Waals surface area (Å²) in [5, 5.41) is 4.24. The number of fused-ring (bicyclic) bond motifs is 1. The average Bonchev–Trinajstić information content (AvgIpc) is 3.34. The average molecular weight is 441 g/mol. The van der Waals surface area contributed by atoms with E-state index >= 15 is 0 Å². The topological polar surface area (TPSA) is 104 Å². The maximum Gasteiger partial charge on any atom is 0.254 e. The zero-order chi connectivity index (χ0) is 22.7. The van der Waals surface area contributed by atoms with Crippen LogP contribution in [-0.4, -0.2) is 54.5 Å². The molecule has 9 heteroatoms. The van der Waals surface area contributed by atoms with E-state index in [9.17, 15) is 14.4 Å². The number of rotatable bonds is 6. The smallest absolute Gasteiger partial charge is 0.254 e. The molecule has 0 spiro atoms. The summed E-state index contributed by atoms with van der Waals surface area (Å²) in [6, 6.07) is 1.55. The summed E-state index contributed by atoms with van der Waals surface area (Å²) in [4.78, 5) is 49.8. The molecule has 0 aliphatic carbocycles. The van der Waals surface area contributed by atoms with E-state index in [1.807, 2.05) is 31.0 Å². The van der Waals surface area contributed by atoms with Crippen LogP contribution in [-0.2, 0) is 22.6 Å². The summed E-state index contributed by atoms with van der Waals surface area (Å²) in [6.07, 6.45) is 8.41. The molecule has 2 atom stereocenters. The Bertz CT molecular complexity index is 1020. The van der Waals surface area contributed by atoms with Crippen molar-refractivity contribution in [2.24, 2.45) is 0 Å². The van der Waals surface area contributed by atoms with E-state index < -0.39 is 0 Å². The third kappa shape index (κ3) is 4.61. The van der Waals surface area contributed by atoms with Crippen LogP contribution in [0.2, 0.25) is 0 Å². The van der Waals surface area contributed by atoms with E-state index in [2.05, 4.69) is 10.1 Å². The monoisotopic (exact) mass is 440 g/mol. The van der Waals surface area contributed by atoms with Crippen molar-refractivity contribution in [2.75, 3.05) is 13.1 Å². The molecule has 2 amide bonds. The van der Waals surface area contributed by atoms with Crippen molar-refractivity contribution >= 4 is 11.8 Å². The van der Waals surface area contributed by atoms with Crippen molar-refractivity contribution in [3.63, 3.8) is 0 Å². The Labute approximate surface area is 187 Å². The quantitative estimate of drug-likeness (QED) is 0.743. The number of aromatic amines is 1. The van der Waals surface area contributed by atoms with Crippen LogP contribution >= 0.6 is 0 Å². The number of H-pyrrole nitrogens is 1. The number of aromatic nitrogens is 4. The molecule has 0 saturated carbocycles. The lowest BCUT2D eigenvalue weighted by atomic mass is 9.99. The highest BCUT2D eigenvalue weighted by Crippen LogP contribution is 2.31. The second-order valence-corrected chi connectivity index (χ2v) is 8.83. The van der Waals surface area contributed by atoms with Crippen LogP contribution in [0.3, 0.4) is 0 Å². The second-order valence-electron chi connectivity index (χ2n) is 8.83. The van der Waals surface area contributed by atoms with Gasteiger partial charge in [-0.1, -0.05) is 6.92 Å². The van der Waals surface area contributed by atoms with E-state index in [-0.39, 0.29) is 29.5 Å². The van der Waals surface area contributed by atoms with Gasteiger partial charge in [-0.05, 0) is 45.1 Å². The van der Waals surface area contributed by atoms with E-state index in [4.69, 9.17) is 4.98 Å². The van der Waals surface area contributed by atoms with Crippen LogP contribution < -0.4 is 5.56 Å². The molecule has 1 saturated heterocycles. The lowest BCUT2D eigenvalue weighted by Gasteiger charge is -2.36. The highest BCUT2D eigenvalue weighted by atomic mass is 16.2. The molecule has 172 valence electrons. The number of piperidine rings is 1. The van der Waals surface area contributed by atoms with Crippen molar-refractivity contribution in [3.05, 3.63) is 45.9 Å². The second kappa shape index (κ2) is 9.67. The molecule has 2 aliphatic rings. The first-order valence-electron chi connectivity index (χ1n) is 11.7. The predicted molar refractivity (Wildman–Crippen MR) is 119 cm³/mol. The van der Waals surface area contributed by atoms with Crippen molar-refractivity contribution < 1.29 is 9.59 Å². The summed E-state index contributed by atoms with van der Waals surface area (Å²) in [5.41, 5.74) is 1.19. The largest absolute Gasteiger partial charge is 0.336 e. The van der Waals surface area contributed by atoms with Crippen LogP contribution in [0.15, 0.2) is 23.3 Å². The maximum atomic E-state index is 13.2. The molecule has 2 aliphatic heterocycles. The minimum Gasteiger partial charge on any atom is -0.336 e. The van der Waals surface area contributed by atoms with E-state index in [1.165, 1.54) is 0 Å². The Morgan fingerprint density at radius 1 is 1.25 bits per heavy atom. The number of carbonyl (C=O) groups is 2. The molecule has 4 rings (SSSR count). The highest BCUT2D eigenvalue weighted by molar-refractivity contribution is 5.77. The van der Waals surface area contributed by atoms with Gasteiger partial charge in [0.1, 0.15) is 5.82 Å². The minimum absolute atomic E-state index is 0.0396. The molecule has 0 radical (unpaired) electrons. The fraction of sp³-hybridized carbons (Fsp3) is 0.609. The van der Waals surface area contributed by atoms with Crippen molar-refractivity contribution in [1.82, 2.24) is 29.5 Å². The lowest BCUT2D eigenvalue weighted by molar-refractivity contribution is -0.136. The fourth-order valence-corrected chi connectivity index (χ4v) is 4.72. The van der Waals surface area contributed by atoms with Crippen LogP contribution in [0.25, 0.3) is 0 Å². The molecule has 0 unspecified atom stereocenters. The van der Waals surface area contributed by atoms with E-state index in [1.54, 1.807) is 15.8 Å². The van der Waals surface area contributed by atoms with Gasteiger partial charge in [0.25, 0.3) is 5.56 Å². The summed E-state index contributed by atoms with van der Waals surface area (Å²) in [6.45, 7) is 5.53. The Morgan fingerprint density at radius 3 is 2.84 bits per heavy atom. The van der Waals surface area contributed by atoms with Crippen molar-refractivity contribution in [2.45, 2.75) is 77.4 Å². The van der Waals surface area contributed by atoms with Crippen LogP contribution in [0, 0.1) is 0 Å². The van der Waals surface area contributed by atoms with Gasteiger partial charge in [-0.3, -0.25) is 19.1 Å². The van der Waals surface area contributed by atoms with Gasteiger partial charge in [-0.25, -0.2) is 4.98 Å². The zero-order valence-electron chi connectivity index (χ0n) is 18.9. The first-order chi connectivity index (χ1) is 15.5. The van der Waals surface area contributed by atoms with Crippen LogP contribution in [0.5, 0.6) is 0 Å². The summed E-state index contributed by atoms with van der Waals surface area (Å²) >= 11 is 0. The number of carbonyl (C=O) groups excluding carboxylic acids is 2. The van der Waals surface area contributed by atoms with Gasteiger partial charge in [-0.2, -0.15) is 5.10 Å². The standard InChI is InChI=1S/C23H32N6O3/c1-3-7-20(30)27-13-9-17-18(15-27)25-22(26-23(17)32)19-8-4-5-11-28(19)21(31)14-16(2)29-12-6-10-24-29/h6,10,12,16,19H,3-5,7-9,11,13-15H2,1-2H3,(H,25,26,32)/t16-,19-/m0/s1. The fourth-order valence-electron chi connectivity index (χ4n) is 4.72. The van der Waals surface area contributed by atoms with E-state index in [0.717, 1.165) is 25.7 Å². The van der Waals surface area contributed by atoms with Gasteiger partial charge in [-0.15, -0.1) is 0 Å². The van der Waals surface area contributed by atoms with Gasteiger partial charge in [0.2, 0.25) is 11.8 Å².